The zero-order valence-corrected chi connectivity index (χ0v) is 13.4. The van der Waals surface area contributed by atoms with Gasteiger partial charge in [-0.2, -0.15) is 0 Å². The second-order valence-corrected chi connectivity index (χ2v) is 6.07. The van der Waals surface area contributed by atoms with Crippen molar-refractivity contribution in [2.75, 3.05) is 13.2 Å². The van der Waals surface area contributed by atoms with Gasteiger partial charge in [-0.1, -0.05) is 6.07 Å². The van der Waals surface area contributed by atoms with Crippen LogP contribution in [0.2, 0.25) is 0 Å². The van der Waals surface area contributed by atoms with E-state index in [1.165, 1.54) is 6.39 Å². The van der Waals surface area contributed by atoms with Crippen LogP contribution < -0.4 is 4.74 Å². The molecule has 2 fully saturated rings. The lowest BCUT2D eigenvalue weighted by atomic mass is 9.95. The molecule has 2 aromatic rings. The highest BCUT2D eigenvalue weighted by Gasteiger charge is 2.46. The van der Waals surface area contributed by atoms with Gasteiger partial charge in [-0.25, -0.2) is 9.97 Å². The van der Waals surface area contributed by atoms with Crippen molar-refractivity contribution in [3.05, 3.63) is 42.2 Å². The summed E-state index contributed by atoms with van der Waals surface area (Å²) in [6, 6.07) is 5.56. The lowest BCUT2D eigenvalue weighted by Gasteiger charge is -2.40. The van der Waals surface area contributed by atoms with Crippen molar-refractivity contribution in [1.29, 1.82) is 0 Å². The number of hydrogen-bond acceptors (Lipinski definition) is 6. The summed E-state index contributed by atoms with van der Waals surface area (Å²) < 4.78 is 17.1. The Morgan fingerprint density at radius 2 is 2.25 bits per heavy atom. The molecule has 7 heteroatoms. The van der Waals surface area contributed by atoms with E-state index in [-0.39, 0.29) is 24.2 Å². The number of nitrogens with zero attached hydrogens (tertiary/aromatic N) is 3. The van der Waals surface area contributed by atoms with Gasteiger partial charge in [0.05, 0.1) is 11.7 Å². The molecule has 4 rings (SSSR count). The van der Waals surface area contributed by atoms with E-state index < -0.39 is 0 Å². The van der Waals surface area contributed by atoms with E-state index in [0.29, 0.717) is 36.9 Å². The Morgan fingerprint density at radius 3 is 3.00 bits per heavy atom. The van der Waals surface area contributed by atoms with Gasteiger partial charge in [0, 0.05) is 31.8 Å². The van der Waals surface area contributed by atoms with Gasteiger partial charge in [-0.15, -0.1) is 0 Å². The standard InChI is InChI=1S/C17H19N3O4/c1-11-15(23-10-19-11)17(21)20-8-5-13(16-12(20)6-9-22-16)24-14-4-2-3-7-18-14/h2-4,7,10,12-13,16H,5-6,8-9H2,1H3/t12-,13+,16-/m0/s1. The molecule has 2 saturated heterocycles. The quantitative estimate of drug-likeness (QED) is 0.855. The number of aryl methyl sites for hydroxylation is 1. The molecule has 0 spiro atoms. The third kappa shape index (κ3) is 2.65. The molecular weight excluding hydrogens is 310 g/mol. The topological polar surface area (TPSA) is 77.7 Å². The third-order valence-electron chi connectivity index (χ3n) is 4.63. The number of pyridine rings is 1. The van der Waals surface area contributed by atoms with E-state index in [2.05, 4.69) is 9.97 Å². The van der Waals surface area contributed by atoms with Crippen molar-refractivity contribution in [1.82, 2.24) is 14.9 Å². The third-order valence-corrected chi connectivity index (χ3v) is 4.63. The Balaban J connectivity index is 1.51. The molecule has 1 amide bonds. The van der Waals surface area contributed by atoms with E-state index in [0.717, 1.165) is 6.42 Å². The van der Waals surface area contributed by atoms with Crippen LogP contribution in [0.25, 0.3) is 0 Å². The first kappa shape index (κ1) is 15.1. The lowest BCUT2D eigenvalue weighted by molar-refractivity contribution is -0.0482. The van der Waals surface area contributed by atoms with E-state index in [1.807, 2.05) is 23.1 Å². The number of aromatic nitrogens is 2. The Labute approximate surface area is 139 Å². The number of amides is 1. The van der Waals surface area contributed by atoms with Crippen molar-refractivity contribution in [2.24, 2.45) is 0 Å². The van der Waals surface area contributed by atoms with Gasteiger partial charge in [-0.05, 0) is 19.4 Å². The van der Waals surface area contributed by atoms with Gasteiger partial charge in [0.2, 0.25) is 11.6 Å². The zero-order chi connectivity index (χ0) is 16.5. The highest BCUT2D eigenvalue weighted by atomic mass is 16.5. The number of fused-ring (bicyclic) bond motifs is 1. The van der Waals surface area contributed by atoms with Crippen LogP contribution in [0.5, 0.6) is 5.88 Å². The first-order valence-corrected chi connectivity index (χ1v) is 8.14. The number of ether oxygens (including phenoxy) is 2. The Morgan fingerprint density at radius 1 is 1.33 bits per heavy atom. The maximum atomic E-state index is 12.8. The summed E-state index contributed by atoms with van der Waals surface area (Å²) in [6.45, 7) is 2.99. The number of rotatable bonds is 3. The van der Waals surface area contributed by atoms with Crippen molar-refractivity contribution >= 4 is 5.91 Å². The van der Waals surface area contributed by atoms with Gasteiger partial charge in [0.15, 0.2) is 6.39 Å². The van der Waals surface area contributed by atoms with Gasteiger partial charge >= 0.3 is 0 Å². The van der Waals surface area contributed by atoms with Crippen molar-refractivity contribution < 1.29 is 18.7 Å². The molecule has 0 unspecified atom stereocenters. The number of oxazole rings is 1. The number of piperidine rings is 1. The van der Waals surface area contributed by atoms with Crippen LogP contribution in [0, 0.1) is 6.92 Å². The average molecular weight is 329 g/mol. The van der Waals surface area contributed by atoms with E-state index in [1.54, 1.807) is 13.1 Å². The molecule has 3 atom stereocenters. The molecule has 2 aliphatic rings. The Kier molecular flexibility index (Phi) is 3.93. The molecule has 0 aliphatic carbocycles. The summed E-state index contributed by atoms with van der Waals surface area (Å²) >= 11 is 0. The maximum absolute atomic E-state index is 12.8. The van der Waals surface area contributed by atoms with Gasteiger partial charge in [-0.3, -0.25) is 4.79 Å². The summed E-state index contributed by atoms with van der Waals surface area (Å²) in [7, 11) is 0. The minimum atomic E-state index is -0.145. The van der Waals surface area contributed by atoms with Crippen LogP contribution >= 0.6 is 0 Å². The summed E-state index contributed by atoms with van der Waals surface area (Å²) in [5.74, 6) is 0.772. The van der Waals surface area contributed by atoms with Crippen molar-refractivity contribution in [2.45, 2.75) is 38.0 Å². The molecule has 0 radical (unpaired) electrons. The molecule has 126 valence electrons. The van der Waals surface area contributed by atoms with E-state index >= 15 is 0 Å². The van der Waals surface area contributed by atoms with E-state index in [4.69, 9.17) is 13.9 Å². The van der Waals surface area contributed by atoms with Crippen LogP contribution in [-0.4, -0.2) is 52.2 Å². The molecule has 2 aliphatic heterocycles. The Hall–Kier alpha value is -2.41. The van der Waals surface area contributed by atoms with Gasteiger partial charge in [0.1, 0.15) is 12.2 Å². The predicted octanol–water partition coefficient (Wildman–Crippen LogP) is 1.83. The van der Waals surface area contributed by atoms with Gasteiger partial charge in [0.25, 0.3) is 5.91 Å². The van der Waals surface area contributed by atoms with Crippen LogP contribution in [0.1, 0.15) is 29.1 Å². The highest BCUT2D eigenvalue weighted by Crippen LogP contribution is 2.32. The fourth-order valence-electron chi connectivity index (χ4n) is 3.47. The second kappa shape index (κ2) is 6.24. The first-order chi connectivity index (χ1) is 11.7. The fraction of sp³-hybridized carbons (Fsp3) is 0.471. The summed E-state index contributed by atoms with van der Waals surface area (Å²) in [4.78, 5) is 22.8. The van der Waals surface area contributed by atoms with Crippen LogP contribution in [0.4, 0.5) is 0 Å². The number of carbonyl (C=O) groups excluding carboxylic acids is 1. The molecule has 7 nitrogen and oxygen atoms in total. The monoisotopic (exact) mass is 329 g/mol. The van der Waals surface area contributed by atoms with Gasteiger partial charge < -0.3 is 18.8 Å². The normalized spacial score (nSPS) is 26.2. The first-order valence-electron chi connectivity index (χ1n) is 8.14. The summed E-state index contributed by atoms with van der Waals surface area (Å²) in [6.07, 6.45) is 4.25. The molecular formula is C17H19N3O4. The highest BCUT2D eigenvalue weighted by molar-refractivity contribution is 5.92. The predicted molar refractivity (Wildman–Crippen MR) is 83.7 cm³/mol. The van der Waals surface area contributed by atoms with Crippen LogP contribution in [0.3, 0.4) is 0 Å². The van der Waals surface area contributed by atoms with Crippen molar-refractivity contribution in [3.8, 4) is 5.88 Å². The molecule has 24 heavy (non-hydrogen) atoms. The molecule has 0 N–H and O–H groups in total. The lowest BCUT2D eigenvalue weighted by Crippen LogP contribution is -2.56. The summed E-state index contributed by atoms with van der Waals surface area (Å²) in [5.41, 5.74) is 0.613. The summed E-state index contributed by atoms with van der Waals surface area (Å²) in [5, 5.41) is 0. The second-order valence-electron chi connectivity index (χ2n) is 6.07. The van der Waals surface area contributed by atoms with Crippen LogP contribution in [-0.2, 0) is 4.74 Å². The molecule has 4 heterocycles. The molecule has 0 bridgehead atoms. The van der Waals surface area contributed by atoms with Crippen molar-refractivity contribution in [3.63, 3.8) is 0 Å². The largest absolute Gasteiger partial charge is 0.471 e. The smallest absolute Gasteiger partial charge is 0.291 e. The average Bonchev–Trinajstić information content (AvgIpc) is 3.25. The molecule has 2 aromatic heterocycles. The molecule has 0 aromatic carbocycles. The zero-order valence-electron chi connectivity index (χ0n) is 13.4. The Bertz CT molecular complexity index is 718. The fourth-order valence-corrected chi connectivity index (χ4v) is 3.47. The molecule has 0 saturated carbocycles. The van der Waals surface area contributed by atoms with Crippen LogP contribution in [0.15, 0.2) is 35.2 Å². The number of likely N-dealkylation sites (tertiary alicyclic amines) is 1. The minimum absolute atomic E-state index is 0.00976. The SMILES string of the molecule is Cc1ncoc1C(=O)N1CC[C@@H](Oc2ccccn2)[C@H]2OCC[C@@H]21. The van der Waals surface area contributed by atoms with E-state index in [9.17, 15) is 4.79 Å². The number of carbonyl (C=O) groups is 1. The maximum Gasteiger partial charge on any atom is 0.291 e. The minimum Gasteiger partial charge on any atom is -0.471 e. The number of hydrogen-bond donors (Lipinski definition) is 0.